The Morgan fingerprint density at radius 2 is 1.89 bits per heavy atom. The van der Waals surface area contributed by atoms with Gasteiger partial charge in [0.25, 0.3) is 5.91 Å². The van der Waals surface area contributed by atoms with Gasteiger partial charge in [-0.05, 0) is 31.9 Å². The van der Waals surface area contributed by atoms with E-state index in [4.69, 9.17) is 4.74 Å². The van der Waals surface area contributed by atoms with Crippen LogP contribution in [0.2, 0.25) is 0 Å². The molecule has 19 heavy (non-hydrogen) atoms. The Morgan fingerprint density at radius 1 is 1.21 bits per heavy atom. The first-order valence-corrected chi connectivity index (χ1v) is 6.68. The normalized spacial score (nSPS) is 28.4. The minimum absolute atomic E-state index is 0.0110. The fraction of sp³-hybridized carbons (Fsp3) is 0.467. The van der Waals surface area contributed by atoms with Crippen molar-refractivity contribution in [1.29, 1.82) is 0 Å². The van der Waals surface area contributed by atoms with Gasteiger partial charge in [-0.25, -0.2) is 0 Å². The monoisotopic (exact) mass is 259 g/mol. The van der Waals surface area contributed by atoms with E-state index in [1.165, 1.54) is 6.92 Å². The van der Waals surface area contributed by atoms with Gasteiger partial charge in [0.05, 0.1) is 6.10 Å². The number of fused-ring (bicyclic) bond motifs is 1. The van der Waals surface area contributed by atoms with Crippen molar-refractivity contribution in [3.8, 4) is 0 Å². The quantitative estimate of drug-likeness (QED) is 0.842. The van der Waals surface area contributed by atoms with Crippen LogP contribution in [0.25, 0.3) is 0 Å². The Balaban J connectivity index is 1.62. The van der Waals surface area contributed by atoms with Crippen molar-refractivity contribution in [3.05, 3.63) is 35.4 Å². The van der Waals surface area contributed by atoms with Crippen LogP contribution in [-0.2, 0) is 4.74 Å². The standard InChI is InChI=1S/C15H17NO3/c1-9(17)10-2-4-11(5-3-10)15(18)16-13-8-14-12(13)6-7-19-14/h2-5,12-14H,6-8H2,1H3,(H,16,18)/t12-,13+,14+/m0/s1. The molecule has 3 atom stereocenters. The lowest BCUT2D eigenvalue weighted by Gasteiger charge is -2.39. The molecule has 1 heterocycles. The summed E-state index contributed by atoms with van der Waals surface area (Å²) in [6, 6.07) is 7.03. The van der Waals surface area contributed by atoms with Gasteiger partial charge in [-0.2, -0.15) is 0 Å². The lowest BCUT2D eigenvalue weighted by Crippen LogP contribution is -2.53. The average molecular weight is 259 g/mol. The minimum Gasteiger partial charge on any atom is -0.378 e. The van der Waals surface area contributed by atoms with Crippen molar-refractivity contribution >= 4 is 11.7 Å². The third-order valence-corrected chi connectivity index (χ3v) is 4.13. The maximum Gasteiger partial charge on any atom is 0.251 e. The smallest absolute Gasteiger partial charge is 0.251 e. The molecule has 1 saturated carbocycles. The predicted molar refractivity (Wildman–Crippen MR) is 70.2 cm³/mol. The summed E-state index contributed by atoms with van der Waals surface area (Å²) in [6.07, 6.45) is 2.31. The molecular weight excluding hydrogens is 242 g/mol. The molecule has 3 rings (SSSR count). The second kappa shape index (κ2) is 4.78. The predicted octanol–water partition coefficient (Wildman–Crippen LogP) is 1.80. The molecule has 0 bridgehead atoms. The zero-order valence-electron chi connectivity index (χ0n) is 10.9. The van der Waals surface area contributed by atoms with Crippen LogP contribution in [0.15, 0.2) is 24.3 Å². The molecule has 4 nitrogen and oxygen atoms in total. The number of hydrogen-bond donors (Lipinski definition) is 1. The Kier molecular flexibility index (Phi) is 3.11. The number of amides is 1. The largest absolute Gasteiger partial charge is 0.378 e. The van der Waals surface area contributed by atoms with Gasteiger partial charge in [-0.15, -0.1) is 0 Å². The molecule has 0 unspecified atom stereocenters. The molecular formula is C15H17NO3. The lowest BCUT2D eigenvalue weighted by atomic mass is 9.76. The molecule has 0 aromatic heterocycles. The number of Topliss-reactive ketones (excluding diaryl/α,β-unsaturated/α-hetero) is 1. The zero-order valence-corrected chi connectivity index (χ0v) is 10.9. The molecule has 100 valence electrons. The van der Waals surface area contributed by atoms with E-state index in [9.17, 15) is 9.59 Å². The van der Waals surface area contributed by atoms with E-state index in [0.717, 1.165) is 19.4 Å². The highest BCUT2D eigenvalue weighted by molar-refractivity contribution is 5.97. The van der Waals surface area contributed by atoms with Crippen molar-refractivity contribution in [2.45, 2.75) is 31.9 Å². The van der Waals surface area contributed by atoms with E-state index in [2.05, 4.69) is 5.32 Å². The van der Waals surface area contributed by atoms with Crippen LogP contribution in [0.1, 0.15) is 40.5 Å². The first-order chi connectivity index (χ1) is 9.15. The van der Waals surface area contributed by atoms with Crippen LogP contribution in [0.3, 0.4) is 0 Å². The third kappa shape index (κ3) is 2.28. The summed E-state index contributed by atoms with van der Waals surface area (Å²) in [5, 5.41) is 3.05. The summed E-state index contributed by atoms with van der Waals surface area (Å²) in [5.41, 5.74) is 1.23. The molecule has 2 fully saturated rings. The highest BCUT2D eigenvalue weighted by Crippen LogP contribution is 2.38. The van der Waals surface area contributed by atoms with Crippen molar-refractivity contribution in [2.24, 2.45) is 5.92 Å². The third-order valence-electron chi connectivity index (χ3n) is 4.13. The van der Waals surface area contributed by atoms with Crippen molar-refractivity contribution in [3.63, 3.8) is 0 Å². The molecule has 1 amide bonds. The van der Waals surface area contributed by atoms with Gasteiger partial charge in [-0.1, -0.05) is 12.1 Å². The highest BCUT2D eigenvalue weighted by atomic mass is 16.5. The number of ketones is 1. The van der Waals surface area contributed by atoms with E-state index in [1.54, 1.807) is 24.3 Å². The summed E-state index contributed by atoms with van der Waals surface area (Å²) in [7, 11) is 0. The topological polar surface area (TPSA) is 55.4 Å². The van der Waals surface area contributed by atoms with Crippen LogP contribution >= 0.6 is 0 Å². The van der Waals surface area contributed by atoms with Gasteiger partial charge in [0.15, 0.2) is 5.78 Å². The van der Waals surface area contributed by atoms with E-state index >= 15 is 0 Å². The van der Waals surface area contributed by atoms with Crippen LogP contribution in [0.5, 0.6) is 0 Å². The lowest BCUT2D eigenvalue weighted by molar-refractivity contribution is 0.00809. The average Bonchev–Trinajstić information content (AvgIpc) is 2.77. The summed E-state index contributed by atoms with van der Waals surface area (Å²) in [6.45, 7) is 2.33. The summed E-state index contributed by atoms with van der Waals surface area (Å²) < 4.78 is 5.52. The maximum absolute atomic E-state index is 12.1. The Bertz CT molecular complexity index is 509. The highest BCUT2D eigenvalue weighted by Gasteiger charge is 2.45. The van der Waals surface area contributed by atoms with Crippen LogP contribution < -0.4 is 5.32 Å². The first-order valence-electron chi connectivity index (χ1n) is 6.68. The number of benzene rings is 1. The number of carbonyl (C=O) groups excluding carboxylic acids is 2. The van der Waals surface area contributed by atoms with Crippen LogP contribution in [0.4, 0.5) is 0 Å². The van der Waals surface area contributed by atoms with E-state index in [-0.39, 0.29) is 17.7 Å². The van der Waals surface area contributed by atoms with Gasteiger partial charge in [-0.3, -0.25) is 9.59 Å². The molecule has 0 spiro atoms. The SMILES string of the molecule is CC(=O)c1ccc(C(=O)N[C@@H]2C[C@H]3OCC[C@@H]23)cc1. The molecule has 1 aromatic carbocycles. The van der Waals surface area contributed by atoms with Crippen molar-refractivity contribution in [2.75, 3.05) is 6.61 Å². The first kappa shape index (κ1) is 12.4. The number of rotatable bonds is 3. The van der Waals surface area contributed by atoms with Gasteiger partial charge in [0.1, 0.15) is 0 Å². The molecule has 1 saturated heterocycles. The second-order valence-corrected chi connectivity index (χ2v) is 5.31. The molecule has 1 aromatic rings. The number of hydrogen-bond acceptors (Lipinski definition) is 3. The fourth-order valence-electron chi connectivity index (χ4n) is 2.87. The molecule has 0 radical (unpaired) electrons. The minimum atomic E-state index is -0.0644. The second-order valence-electron chi connectivity index (χ2n) is 5.31. The molecule has 4 heteroatoms. The van der Waals surface area contributed by atoms with Crippen molar-refractivity contribution in [1.82, 2.24) is 5.32 Å². The molecule has 1 aliphatic carbocycles. The van der Waals surface area contributed by atoms with Gasteiger partial charge in [0, 0.05) is 29.7 Å². The molecule has 1 N–H and O–H groups in total. The van der Waals surface area contributed by atoms with Gasteiger partial charge >= 0.3 is 0 Å². The summed E-state index contributed by atoms with van der Waals surface area (Å²) >= 11 is 0. The number of carbonyl (C=O) groups is 2. The summed E-state index contributed by atoms with van der Waals surface area (Å²) in [4.78, 5) is 23.3. The maximum atomic E-state index is 12.1. The van der Waals surface area contributed by atoms with Crippen molar-refractivity contribution < 1.29 is 14.3 Å². The molecule has 2 aliphatic rings. The molecule has 1 aliphatic heterocycles. The number of ether oxygens (including phenoxy) is 1. The van der Waals surface area contributed by atoms with E-state index < -0.39 is 0 Å². The van der Waals surface area contributed by atoms with Crippen LogP contribution in [0, 0.1) is 5.92 Å². The Hall–Kier alpha value is -1.68. The number of nitrogens with one attached hydrogen (secondary N) is 1. The van der Waals surface area contributed by atoms with E-state index in [1.807, 2.05) is 0 Å². The Morgan fingerprint density at radius 3 is 2.53 bits per heavy atom. The fourth-order valence-corrected chi connectivity index (χ4v) is 2.87. The Labute approximate surface area is 112 Å². The van der Waals surface area contributed by atoms with Gasteiger partial charge < -0.3 is 10.1 Å². The zero-order chi connectivity index (χ0) is 13.4. The van der Waals surface area contributed by atoms with Crippen LogP contribution in [-0.4, -0.2) is 30.4 Å². The van der Waals surface area contributed by atoms with Gasteiger partial charge in [0.2, 0.25) is 0 Å². The van der Waals surface area contributed by atoms with E-state index in [0.29, 0.717) is 23.1 Å². The summed E-state index contributed by atoms with van der Waals surface area (Å²) in [5.74, 6) is 0.433.